The number of amides is 2. The maximum absolute atomic E-state index is 11.5. The lowest BCUT2D eigenvalue weighted by atomic mass is 10.3. The number of carboxylic acids is 1. The van der Waals surface area contributed by atoms with Gasteiger partial charge in [-0.05, 0) is 0 Å². The Bertz CT molecular complexity index is 243. The minimum absolute atomic E-state index is 0.234. The van der Waals surface area contributed by atoms with Gasteiger partial charge in [-0.3, -0.25) is 0 Å². The number of aliphatic carboxylic acids is 1. The first-order chi connectivity index (χ1) is 6.57. The van der Waals surface area contributed by atoms with Crippen LogP contribution >= 0.6 is 0 Å². The topological polar surface area (TPSA) is 70.1 Å². The Hall–Kier alpha value is -1.30. The van der Waals surface area contributed by atoms with E-state index in [1.807, 2.05) is 0 Å². The third-order valence-corrected chi connectivity index (χ3v) is 2.22. The smallest absolute Gasteiger partial charge is 0.328 e. The van der Waals surface area contributed by atoms with Crippen molar-refractivity contribution in [1.29, 1.82) is 0 Å². The molecule has 0 aromatic rings. The van der Waals surface area contributed by atoms with Crippen LogP contribution < -0.4 is 0 Å². The van der Waals surface area contributed by atoms with E-state index in [-0.39, 0.29) is 12.6 Å². The predicted octanol–water partition coefficient (Wildman–Crippen LogP) is -0.547. The van der Waals surface area contributed by atoms with Crippen molar-refractivity contribution in [2.45, 2.75) is 6.04 Å². The minimum atomic E-state index is -0.973. The van der Waals surface area contributed by atoms with Gasteiger partial charge >= 0.3 is 12.0 Å². The molecule has 0 saturated carbocycles. The summed E-state index contributed by atoms with van der Waals surface area (Å²) in [5.74, 6) is -0.973. The molecule has 1 rings (SSSR count). The lowest BCUT2D eigenvalue weighted by Gasteiger charge is -2.19. The number of rotatable bonds is 4. The zero-order valence-electron chi connectivity index (χ0n) is 8.27. The highest BCUT2D eigenvalue weighted by molar-refractivity contribution is 5.86. The fourth-order valence-corrected chi connectivity index (χ4v) is 1.44. The van der Waals surface area contributed by atoms with Crippen molar-refractivity contribution in [2.24, 2.45) is 0 Å². The zero-order chi connectivity index (χ0) is 10.7. The van der Waals surface area contributed by atoms with Gasteiger partial charge in [0.05, 0.1) is 13.2 Å². The van der Waals surface area contributed by atoms with Gasteiger partial charge in [-0.25, -0.2) is 9.59 Å². The lowest BCUT2D eigenvalue weighted by Crippen LogP contribution is -2.41. The van der Waals surface area contributed by atoms with Crippen molar-refractivity contribution in [2.75, 3.05) is 33.9 Å². The van der Waals surface area contributed by atoms with Crippen molar-refractivity contribution >= 4 is 12.0 Å². The Kier molecular flexibility index (Phi) is 3.29. The van der Waals surface area contributed by atoms with E-state index in [4.69, 9.17) is 9.84 Å². The molecule has 2 amide bonds. The number of methoxy groups -OCH3 is 1. The molecule has 0 aromatic heterocycles. The van der Waals surface area contributed by atoms with Gasteiger partial charge in [0.15, 0.2) is 0 Å². The molecule has 1 aliphatic heterocycles. The number of hydrogen-bond donors (Lipinski definition) is 1. The normalized spacial score (nSPS) is 21.9. The molecule has 0 spiro atoms. The van der Waals surface area contributed by atoms with E-state index in [0.717, 1.165) is 0 Å². The summed E-state index contributed by atoms with van der Waals surface area (Å²) in [5, 5.41) is 8.86. The average molecular weight is 202 g/mol. The summed E-state index contributed by atoms with van der Waals surface area (Å²) >= 11 is 0. The van der Waals surface area contributed by atoms with Gasteiger partial charge in [0.1, 0.15) is 6.04 Å². The van der Waals surface area contributed by atoms with Crippen LogP contribution in [0.4, 0.5) is 4.79 Å². The largest absolute Gasteiger partial charge is 0.480 e. The third kappa shape index (κ3) is 1.95. The molecule has 1 aliphatic rings. The molecule has 1 unspecified atom stereocenters. The number of carboxylic acid groups (broad SMARTS) is 1. The molecule has 1 atom stereocenters. The average Bonchev–Trinajstić information content (AvgIpc) is 2.41. The molecule has 14 heavy (non-hydrogen) atoms. The van der Waals surface area contributed by atoms with Crippen molar-refractivity contribution in [1.82, 2.24) is 9.80 Å². The Morgan fingerprint density at radius 3 is 2.86 bits per heavy atom. The number of carbonyl (C=O) groups is 2. The Morgan fingerprint density at radius 2 is 2.36 bits per heavy atom. The van der Waals surface area contributed by atoms with Gasteiger partial charge in [-0.2, -0.15) is 0 Å². The van der Waals surface area contributed by atoms with Gasteiger partial charge in [0, 0.05) is 20.7 Å². The van der Waals surface area contributed by atoms with Crippen molar-refractivity contribution in [3.8, 4) is 0 Å². The van der Waals surface area contributed by atoms with Gasteiger partial charge in [-0.15, -0.1) is 0 Å². The summed E-state index contributed by atoms with van der Waals surface area (Å²) < 4.78 is 4.81. The number of likely N-dealkylation sites (N-methyl/N-ethyl adjacent to an activating group) is 1. The highest BCUT2D eigenvalue weighted by Gasteiger charge is 2.39. The van der Waals surface area contributed by atoms with Crippen LogP contribution in [0.25, 0.3) is 0 Å². The van der Waals surface area contributed by atoms with E-state index < -0.39 is 12.0 Å². The quantitative estimate of drug-likeness (QED) is 0.664. The molecule has 0 aromatic carbocycles. The number of hydrogen-bond acceptors (Lipinski definition) is 3. The molecular weight excluding hydrogens is 188 g/mol. The van der Waals surface area contributed by atoms with E-state index in [2.05, 4.69) is 0 Å². The molecule has 0 radical (unpaired) electrons. The van der Waals surface area contributed by atoms with Crippen molar-refractivity contribution in [3.63, 3.8) is 0 Å². The molecular formula is C8H14N2O4. The lowest BCUT2D eigenvalue weighted by molar-refractivity contribution is -0.141. The first-order valence-electron chi connectivity index (χ1n) is 4.31. The maximum atomic E-state index is 11.5. The number of nitrogens with zero attached hydrogens (tertiary/aromatic N) is 2. The maximum Gasteiger partial charge on any atom is 0.328 e. The summed E-state index contributed by atoms with van der Waals surface area (Å²) in [5.41, 5.74) is 0. The van der Waals surface area contributed by atoms with Crippen LogP contribution in [-0.4, -0.2) is 66.8 Å². The van der Waals surface area contributed by atoms with Crippen molar-refractivity contribution in [3.05, 3.63) is 0 Å². The molecule has 0 aliphatic carbocycles. The van der Waals surface area contributed by atoms with Crippen LogP contribution in [0.3, 0.4) is 0 Å². The molecule has 1 fully saturated rings. The van der Waals surface area contributed by atoms with E-state index in [0.29, 0.717) is 13.2 Å². The highest BCUT2D eigenvalue weighted by atomic mass is 16.5. The predicted molar refractivity (Wildman–Crippen MR) is 48.0 cm³/mol. The summed E-state index contributed by atoms with van der Waals surface area (Å²) in [6.45, 7) is 0.901. The first-order valence-corrected chi connectivity index (χ1v) is 4.31. The Labute approximate surface area is 82.0 Å². The van der Waals surface area contributed by atoms with Crippen LogP contribution in [0, 0.1) is 0 Å². The minimum Gasteiger partial charge on any atom is -0.480 e. The molecule has 0 bridgehead atoms. The summed E-state index contributed by atoms with van der Waals surface area (Å²) in [4.78, 5) is 25.0. The third-order valence-electron chi connectivity index (χ3n) is 2.22. The molecule has 6 heteroatoms. The van der Waals surface area contributed by atoms with Crippen molar-refractivity contribution < 1.29 is 19.4 Å². The van der Waals surface area contributed by atoms with Crippen LogP contribution in [0.1, 0.15) is 0 Å². The van der Waals surface area contributed by atoms with Crippen LogP contribution in [0.15, 0.2) is 0 Å². The number of urea groups is 1. The van der Waals surface area contributed by atoms with Gasteiger partial charge in [0.25, 0.3) is 0 Å². The van der Waals surface area contributed by atoms with Crippen LogP contribution in [0.5, 0.6) is 0 Å². The Morgan fingerprint density at radius 1 is 1.71 bits per heavy atom. The summed E-state index contributed by atoms with van der Waals surface area (Å²) in [6, 6.07) is -1.00. The van der Waals surface area contributed by atoms with E-state index >= 15 is 0 Å². The SMILES string of the molecule is COCCN1C(=O)N(C)CC1C(=O)O. The number of ether oxygens (including phenoxy) is 1. The second-order valence-electron chi connectivity index (χ2n) is 3.20. The van der Waals surface area contributed by atoms with Crippen LogP contribution in [-0.2, 0) is 9.53 Å². The fourth-order valence-electron chi connectivity index (χ4n) is 1.44. The van der Waals surface area contributed by atoms with E-state index in [1.54, 1.807) is 7.05 Å². The highest BCUT2D eigenvalue weighted by Crippen LogP contribution is 2.13. The second kappa shape index (κ2) is 4.28. The summed E-state index contributed by atoms with van der Waals surface area (Å²) in [7, 11) is 3.10. The van der Waals surface area contributed by atoms with Gasteiger partial charge < -0.3 is 19.6 Å². The van der Waals surface area contributed by atoms with E-state index in [9.17, 15) is 9.59 Å². The fraction of sp³-hybridized carbons (Fsp3) is 0.750. The molecule has 1 saturated heterocycles. The summed E-state index contributed by atoms with van der Waals surface area (Å²) in [6.07, 6.45) is 0. The van der Waals surface area contributed by atoms with Gasteiger partial charge in [0.2, 0.25) is 0 Å². The molecule has 6 nitrogen and oxygen atoms in total. The zero-order valence-corrected chi connectivity index (χ0v) is 8.27. The first kappa shape index (κ1) is 10.8. The standard InChI is InChI=1S/C8H14N2O4/c1-9-5-6(7(11)12)10(8(9)13)3-4-14-2/h6H,3-5H2,1-2H3,(H,11,12). The number of carbonyl (C=O) groups excluding carboxylic acids is 1. The molecule has 1 N–H and O–H groups in total. The second-order valence-corrected chi connectivity index (χ2v) is 3.20. The van der Waals surface area contributed by atoms with Crippen LogP contribution in [0.2, 0.25) is 0 Å². The molecule has 80 valence electrons. The van der Waals surface area contributed by atoms with Gasteiger partial charge in [-0.1, -0.05) is 0 Å². The molecule has 1 heterocycles. The van der Waals surface area contributed by atoms with E-state index in [1.165, 1.54) is 16.9 Å². The Balaban J connectivity index is 2.66. The monoisotopic (exact) mass is 202 g/mol.